The van der Waals surface area contributed by atoms with Crippen LogP contribution in [0.25, 0.3) is 10.9 Å². The van der Waals surface area contributed by atoms with Crippen LogP contribution < -0.4 is 4.90 Å². The number of ether oxygens (including phenoxy) is 1. The van der Waals surface area contributed by atoms with E-state index in [-0.39, 0.29) is 22.3 Å². The molecule has 2 heterocycles. The van der Waals surface area contributed by atoms with E-state index in [2.05, 4.69) is 0 Å². The number of benzene rings is 2. The molecule has 30 heavy (non-hydrogen) atoms. The third-order valence-electron chi connectivity index (χ3n) is 5.78. The molecule has 1 aliphatic carbocycles. The summed E-state index contributed by atoms with van der Waals surface area (Å²) in [6, 6.07) is 11.7. The van der Waals surface area contributed by atoms with Crippen LogP contribution in [0, 0.1) is 5.92 Å². The average molecular weight is 424 g/mol. The molecule has 0 radical (unpaired) electrons. The van der Waals surface area contributed by atoms with Crippen molar-refractivity contribution in [2.75, 3.05) is 18.6 Å². The van der Waals surface area contributed by atoms with Gasteiger partial charge in [0.05, 0.1) is 23.1 Å². The maximum absolute atomic E-state index is 13.4. The minimum atomic E-state index is -3.94. The fourth-order valence-electron chi connectivity index (χ4n) is 4.05. The maximum atomic E-state index is 13.4. The van der Waals surface area contributed by atoms with Crippen molar-refractivity contribution in [1.29, 1.82) is 0 Å². The Morgan fingerprint density at radius 3 is 2.60 bits per heavy atom. The highest BCUT2D eigenvalue weighted by Crippen LogP contribution is 2.37. The zero-order valence-electron chi connectivity index (χ0n) is 16.4. The Bertz CT molecular complexity index is 1300. The maximum Gasteiger partial charge on any atom is 0.340 e. The van der Waals surface area contributed by atoms with Crippen molar-refractivity contribution in [3.8, 4) is 0 Å². The van der Waals surface area contributed by atoms with Gasteiger partial charge in [0.15, 0.2) is 0 Å². The Hall–Kier alpha value is -3.13. The van der Waals surface area contributed by atoms with Gasteiger partial charge in [-0.2, -0.15) is 0 Å². The van der Waals surface area contributed by atoms with Gasteiger partial charge in [0.1, 0.15) is 0 Å². The third kappa shape index (κ3) is 2.82. The number of esters is 1. The molecule has 1 fully saturated rings. The first-order valence-electron chi connectivity index (χ1n) is 9.80. The summed E-state index contributed by atoms with van der Waals surface area (Å²) in [5.41, 5.74) is 2.23. The minimum Gasteiger partial charge on any atom is -0.465 e. The molecule has 1 aromatic heterocycles. The van der Waals surface area contributed by atoms with Gasteiger partial charge >= 0.3 is 5.97 Å². The van der Waals surface area contributed by atoms with Crippen LogP contribution in [-0.4, -0.2) is 37.9 Å². The van der Waals surface area contributed by atoms with Crippen molar-refractivity contribution in [3.63, 3.8) is 0 Å². The number of methoxy groups -OCH3 is 1. The predicted molar refractivity (Wildman–Crippen MR) is 111 cm³/mol. The summed E-state index contributed by atoms with van der Waals surface area (Å²) in [6.07, 6.45) is 3.79. The lowest BCUT2D eigenvalue weighted by molar-refractivity contribution is -0.119. The van der Waals surface area contributed by atoms with Gasteiger partial charge in [-0.15, -0.1) is 0 Å². The number of hydrogen-bond donors (Lipinski definition) is 0. The Kier molecular flexibility index (Phi) is 4.21. The van der Waals surface area contributed by atoms with Crippen molar-refractivity contribution >= 4 is 38.5 Å². The molecule has 154 valence electrons. The highest BCUT2D eigenvalue weighted by molar-refractivity contribution is 7.90. The van der Waals surface area contributed by atoms with E-state index >= 15 is 0 Å². The van der Waals surface area contributed by atoms with Crippen molar-refractivity contribution in [3.05, 3.63) is 59.8 Å². The Morgan fingerprint density at radius 2 is 1.87 bits per heavy atom. The van der Waals surface area contributed by atoms with E-state index < -0.39 is 16.0 Å². The summed E-state index contributed by atoms with van der Waals surface area (Å²) in [6.45, 7) is 0.576. The molecule has 2 aliphatic rings. The first-order valence-corrected chi connectivity index (χ1v) is 11.2. The number of hydrogen-bond acceptors (Lipinski definition) is 5. The van der Waals surface area contributed by atoms with Crippen LogP contribution in [0.4, 0.5) is 5.69 Å². The Balaban J connectivity index is 1.58. The summed E-state index contributed by atoms with van der Waals surface area (Å²) >= 11 is 0. The van der Waals surface area contributed by atoms with Crippen molar-refractivity contribution in [2.24, 2.45) is 5.92 Å². The Labute approximate surface area is 173 Å². The molecule has 0 bridgehead atoms. The number of amides is 1. The second-order valence-corrected chi connectivity index (χ2v) is 9.47. The van der Waals surface area contributed by atoms with E-state index in [4.69, 9.17) is 4.74 Å². The number of carbonyl (C=O) groups is 2. The van der Waals surface area contributed by atoms with Gasteiger partial charge in [0.2, 0.25) is 5.91 Å². The fourth-order valence-corrected chi connectivity index (χ4v) is 5.47. The van der Waals surface area contributed by atoms with E-state index in [1.165, 1.54) is 19.4 Å². The zero-order valence-corrected chi connectivity index (χ0v) is 17.2. The van der Waals surface area contributed by atoms with Crippen LogP contribution in [0.15, 0.2) is 53.6 Å². The number of carbonyl (C=O) groups excluding carboxylic acids is 2. The van der Waals surface area contributed by atoms with Crippen molar-refractivity contribution < 1.29 is 22.7 Å². The lowest BCUT2D eigenvalue weighted by atomic mass is 10.2. The van der Waals surface area contributed by atoms with Gasteiger partial charge in [0, 0.05) is 29.7 Å². The number of fused-ring (bicyclic) bond motifs is 2. The molecule has 0 unspecified atom stereocenters. The monoisotopic (exact) mass is 424 g/mol. The predicted octanol–water partition coefficient (Wildman–Crippen LogP) is 2.96. The van der Waals surface area contributed by atoms with Crippen LogP contribution in [-0.2, 0) is 26.0 Å². The van der Waals surface area contributed by atoms with Crippen LogP contribution in [0.1, 0.15) is 28.8 Å². The van der Waals surface area contributed by atoms with E-state index in [0.717, 1.165) is 28.1 Å². The normalized spacial score (nSPS) is 16.0. The highest BCUT2D eigenvalue weighted by atomic mass is 32.2. The molecule has 5 rings (SSSR count). The smallest absolute Gasteiger partial charge is 0.340 e. The number of rotatable bonds is 4. The molecule has 1 amide bonds. The first-order chi connectivity index (χ1) is 14.4. The lowest BCUT2D eigenvalue weighted by Crippen LogP contribution is -2.30. The molecule has 2 aromatic carbocycles. The molecular weight excluding hydrogens is 404 g/mol. The average Bonchev–Trinajstić information content (AvgIpc) is 3.40. The summed E-state index contributed by atoms with van der Waals surface area (Å²) < 4.78 is 32.8. The molecule has 0 N–H and O–H groups in total. The molecular formula is C22H20N2O5S. The number of anilines is 1. The zero-order chi connectivity index (χ0) is 21.0. The fraction of sp³-hybridized carbons (Fsp3) is 0.273. The second-order valence-electron chi connectivity index (χ2n) is 7.66. The summed E-state index contributed by atoms with van der Waals surface area (Å²) in [5, 5.41) is 0.510. The minimum absolute atomic E-state index is 0.113. The lowest BCUT2D eigenvalue weighted by Gasteiger charge is -2.17. The van der Waals surface area contributed by atoms with Crippen LogP contribution in [0.2, 0.25) is 0 Å². The summed E-state index contributed by atoms with van der Waals surface area (Å²) in [5.74, 6) is -0.353. The standard InChI is InChI=1S/C22H20N2O5S/c1-29-22(26)18-13-24(20-5-3-2-4-17(18)20)30(27,28)16-8-9-19-15(12-16)10-11-23(19)21(25)14-6-7-14/h2-5,8-9,12-14H,6-7,10-11H2,1H3. The van der Waals surface area contributed by atoms with Gasteiger partial charge in [-0.1, -0.05) is 18.2 Å². The highest BCUT2D eigenvalue weighted by Gasteiger charge is 2.37. The van der Waals surface area contributed by atoms with Crippen LogP contribution in [0.5, 0.6) is 0 Å². The summed E-state index contributed by atoms with van der Waals surface area (Å²) in [7, 11) is -2.68. The topological polar surface area (TPSA) is 85.7 Å². The Morgan fingerprint density at radius 1 is 1.10 bits per heavy atom. The quantitative estimate of drug-likeness (QED) is 0.601. The largest absolute Gasteiger partial charge is 0.465 e. The molecule has 0 atom stereocenters. The molecule has 3 aromatic rings. The van der Waals surface area contributed by atoms with Crippen LogP contribution in [0.3, 0.4) is 0 Å². The SMILES string of the molecule is COC(=O)c1cn(S(=O)(=O)c2ccc3c(c2)CCN3C(=O)C2CC2)c2ccccc12. The van der Waals surface area contributed by atoms with E-state index in [9.17, 15) is 18.0 Å². The number of nitrogens with zero attached hydrogens (tertiary/aromatic N) is 2. The third-order valence-corrected chi connectivity index (χ3v) is 7.45. The molecule has 0 spiro atoms. The molecule has 1 aliphatic heterocycles. The van der Waals surface area contributed by atoms with Crippen molar-refractivity contribution in [2.45, 2.75) is 24.2 Å². The van der Waals surface area contributed by atoms with Crippen molar-refractivity contribution in [1.82, 2.24) is 3.97 Å². The van der Waals surface area contributed by atoms with Gasteiger partial charge in [-0.3, -0.25) is 4.79 Å². The van der Waals surface area contributed by atoms with E-state index in [1.807, 2.05) is 0 Å². The molecule has 1 saturated carbocycles. The first kappa shape index (κ1) is 18.9. The number of para-hydroxylation sites is 1. The number of aromatic nitrogens is 1. The van der Waals surface area contributed by atoms with Gasteiger partial charge in [-0.05, 0) is 49.1 Å². The molecule has 8 heteroatoms. The van der Waals surface area contributed by atoms with E-state index in [1.54, 1.807) is 41.3 Å². The van der Waals surface area contributed by atoms with E-state index in [0.29, 0.717) is 23.9 Å². The van der Waals surface area contributed by atoms with Gasteiger partial charge in [0.25, 0.3) is 10.0 Å². The molecule has 0 saturated heterocycles. The second kappa shape index (κ2) is 6.70. The molecule has 7 nitrogen and oxygen atoms in total. The van der Waals surface area contributed by atoms with Crippen LogP contribution >= 0.6 is 0 Å². The van der Waals surface area contributed by atoms with Gasteiger partial charge in [-0.25, -0.2) is 17.2 Å². The summed E-state index contributed by atoms with van der Waals surface area (Å²) in [4.78, 5) is 26.5. The van der Waals surface area contributed by atoms with Gasteiger partial charge < -0.3 is 9.64 Å².